The average molecular weight is 147 g/mol. The van der Waals surface area contributed by atoms with E-state index in [1.807, 2.05) is 30.3 Å². The summed E-state index contributed by atoms with van der Waals surface area (Å²) in [5.41, 5.74) is 1.12. The Hall–Kier alpha value is -1.31. The second-order valence-electron chi connectivity index (χ2n) is 2.71. The molecule has 2 nitrogen and oxygen atoms in total. The fraction of sp³-hybridized carbons (Fsp3) is 0.222. The van der Waals surface area contributed by atoms with E-state index in [1.54, 1.807) is 0 Å². The van der Waals surface area contributed by atoms with Gasteiger partial charge in [-0.2, -0.15) is 0 Å². The van der Waals surface area contributed by atoms with Crippen LogP contribution >= 0.6 is 0 Å². The molecule has 0 spiro atoms. The molecule has 0 unspecified atom stereocenters. The van der Waals surface area contributed by atoms with Crippen molar-refractivity contribution in [1.29, 1.82) is 0 Å². The predicted octanol–water partition coefficient (Wildman–Crippen LogP) is 0.900. The minimum atomic E-state index is 0.108. The summed E-state index contributed by atoms with van der Waals surface area (Å²) in [5.74, 6) is 0.257. The van der Waals surface area contributed by atoms with Crippen molar-refractivity contribution in [2.24, 2.45) is 0 Å². The van der Waals surface area contributed by atoms with E-state index in [2.05, 4.69) is 5.32 Å². The molecule has 1 heterocycles. The van der Waals surface area contributed by atoms with Crippen LogP contribution < -0.4 is 5.32 Å². The molecular formula is C9H9NO. The van der Waals surface area contributed by atoms with E-state index in [0.29, 0.717) is 0 Å². The maximum atomic E-state index is 10.9. The first-order valence-electron chi connectivity index (χ1n) is 3.70. The first kappa shape index (κ1) is 6.40. The fourth-order valence-electron chi connectivity index (χ4n) is 1.24. The topological polar surface area (TPSA) is 29.1 Å². The van der Waals surface area contributed by atoms with E-state index in [4.69, 9.17) is 0 Å². The average Bonchev–Trinajstić information content (AvgIpc) is 2.04. The van der Waals surface area contributed by atoms with Gasteiger partial charge in [0.1, 0.15) is 0 Å². The largest absolute Gasteiger partial charge is 0.354 e. The highest BCUT2D eigenvalue weighted by Crippen LogP contribution is 2.19. The molecule has 0 radical (unpaired) electrons. The van der Waals surface area contributed by atoms with E-state index >= 15 is 0 Å². The number of amides is 1. The second kappa shape index (κ2) is 2.38. The molecule has 0 aromatic heterocycles. The van der Waals surface area contributed by atoms with Crippen LogP contribution in [0.1, 0.15) is 11.5 Å². The maximum absolute atomic E-state index is 10.9. The number of nitrogens with one attached hydrogen (secondary N) is 1. The molecule has 0 bridgehead atoms. The smallest absolute Gasteiger partial charge is 0.229 e. The van der Waals surface area contributed by atoms with Crippen LogP contribution in [0.3, 0.4) is 0 Å². The first-order chi connectivity index (χ1) is 5.38. The zero-order valence-electron chi connectivity index (χ0n) is 6.08. The van der Waals surface area contributed by atoms with Crippen molar-refractivity contribution >= 4 is 5.91 Å². The highest BCUT2D eigenvalue weighted by atomic mass is 16.2. The van der Waals surface area contributed by atoms with Crippen LogP contribution in [0.15, 0.2) is 30.3 Å². The summed E-state index contributed by atoms with van der Waals surface area (Å²) in [7, 11) is 0. The normalized spacial score (nSPS) is 22.2. The molecule has 56 valence electrons. The Bertz CT molecular complexity index is 268. The molecule has 0 aliphatic carbocycles. The minimum Gasteiger partial charge on any atom is -0.354 e. The Kier molecular flexibility index (Phi) is 1.39. The van der Waals surface area contributed by atoms with Crippen LogP contribution in [0.5, 0.6) is 0 Å². The van der Waals surface area contributed by atoms with Crippen LogP contribution in [-0.2, 0) is 4.79 Å². The molecule has 1 aromatic rings. The monoisotopic (exact) mass is 147 g/mol. The maximum Gasteiger partial charge on any atom is 0.229 e. The molecule has 1 amide bonds. The van der Waals surface area contributed by atoms with Gasteiger partial charge in [-0.05, 0) is 5.56 Å². The Morgan fingerprint density at radius 3 is 2.45 bits per heavy atom. The Morgan fingerprint density at radius 1 is 1.27 bits per heavy atom. The van der Waals surface area contributed by atoms with Crippen molar-refractivity contribution in [2.75, 3.05) is 6.54 Å². The van der Waals surface area contributed by atoms with Gasteiger partial charge >= 0.3 is 0 Å². The third kappa shape index (κ3) is 1.00. The minimum absolute atomic E-state index is 0.108. The number of rotatable bonds is 1. The molecule has 0 saturated carbocycles. The van der Waals surface area contributed by atoms with Gasteiger partial charge in [-0.25, -0.2) is 0 Å². The van der Waals surface area contributed by atoms with Crippen molar-refractivity contribution in [3.8, 4) is 0 Å². The van der Waals surface area contributed by atoms with Crippen molar-refractivity contribution < 1.29 is 4.79 Å². The standard InChI is InChI=1S/C9H9NO/c11-9-8(6-10-9)7-4-2-1-3-5-7/h1-5,8H,6H2,(H,10,11)/t8-/m0/s1. The van der Waals surface area contributed by atoms with E-state index in [-0.39, 0.29) is 11.8 Å². The van der Waals surface area contributed by atoms with E-state index in [0.717, 1.165) is 12.1 Å². The molecule has 1 aromatic carbocycles. The molecular weight excluding hydrogens is 138 g/mol. The summed E-state index contributed by atoms with van der Waals surface area (Å²) in [6.07, 6.45) is 0. The number of carbonyl (C=O) groups excluding carboxylic acids is 1. The molecule has 1 N–H and O–H groups in total. The SMILES string of the molecule is O=C1NC[C@H]1c1ccccc1. The van der Waals surface area contributed by atoms with Gasteiger partial charge in [0.15, 0.2) is 0 Å². The van der Waals surface area contributed by atoms with Gasteiger partial charge in [0.25, 0.3) is 0 Å². The third-order valence-corrected chi connectivity index (χ3v) is 2.00. The van der Waals surface area contributed by atoms with Crippen LogP contribution in [0.4, 0.5) is 0 Å². The van der Waals surface area contributed by atoms with Gasteiger partial charge in [-0.1, -0.05) is 30.3 Å². The number of carbonyl (C=O) groups is 1. The van der Waals surface area contributed by atoms with Crippen molar-refractivity contribution in [3.63, 3.8) is 0 Å². The third-order valence-electron chi connectivity index (χ3n) is 2.00. The van der Waals surface area contributed by atoms with Crippen LogP contribution in [0.25, 0.3) is 0 Å². The molecule has 1 saturated heterocycles. The van der Waals surface area contributed by atoms with Gasteiger partial charge in [0, 0.05) is 6.54 Å². The van der Waals surface area contributed by atoms with Crippen LogP contribution in [0.2, 0.25) is 0 Å². The lowest BCUT2D eigenvalue weighted by Crippen LogP contribution is -2.46. The number of benzene rings is 1. The Morgan fingerprint density at radius 2 is 2.00 bits per heavy atom. The highest BCUT2D eigenvalue weighted by molar-refractivity contribution is 5.89. The molecule has 11 heavy (non-hydrogen) atoms. The van der Waals surface area contributed by atoms with E-state index < -0.39 is 0 Å². The van der Waals surface area contributed by atoms with Gasteiger partial charge in [-0.3, -0.25) is 4.79 Å². The lowest BCUT2D eigenvalue weighted by Gasteiger charge is -2.25. The van der Waals surface area contributed by atoms with Gasteiger partial charge in [0.05, 0.1) is 5.92 Å². The zero-order chi connectivity index (χ0) is 7.68. The van der Waals surface area contributed by atoms with Crippen molar-refractivity contribution in [2.45, 2.75) is 5.92 Å². The zero-order valence-corrected chi connectivity index (χ0v) is 6.08. The molecule has 1 fully saturated rings. The fourth-order valence-corrected chi connectivity index (χ4v) is 1.24. The summed E-state index contributed by atoms with van der Waals surface area (Å²) in [6, 6.07) is 9.86. The molecule has 1 aliphatic rings. The summed E-state index contributed by atoms with van der Waals surface area (Å²) < 4.78 is 0. The molecule has 1 aliphatic heterocycles. The first-order valence-corrected chi connectivity index (χ1v) is 3.70. The molecule has 1 atom stereocenters. The molecule has 2 heteroatoms. The van der Waals surface area contributed by atoms with Crippen LogP contribution in [0, 0.1) is 0 Å². The van der Waals surface area contributed by atoms with E-state index in [9.17, 15) is 4.79 Å². The summed E-state index contributed by atoms with van der Waals surface area (Å²) in [4.78, 5) is 10.9. The highest BCUT2D eigenvalue weighted by Gasteiger charge is 2.28. The lowest BCUT2D eigenvalue weighted by atomic mass is 9.93. The summed E-state index contributed by atoms with van der Waals surface area (Å²) in [5, 5.41) is 2.72. The number of hydrogen-bond acceptors (Lipinski definition) is 1. The number of β-lactam (4-membered cyclic amide) rings is 1. The Labute approximate surface area is 65.2 Å². The van der Waals surface area contributed by atoms with Crippen molar-refractivity contribution in [3.05, 3.63) is 35.9 Å². The predicted molar refractivity (Wildman–Crippen MR) is 42.2 cm³/mol. The summed E-state index contributed by atoms with van der Waals surface area (Å²) in [6.45, 7) is 0.794. The van der Waals surface area contributed by atoms with Crippen LogP contribution in [-0.4, -0.2) is 12.5 Å². The van der Waals surface area contributed by atoms with Gasteiger partial charge in [-0.15, -0.1) is 0 Å². The van der Waals surface area contributed by atoms with Gasteiger partial charge < -0.3 is 5.32 Å². The van der Waals surface area contributed by atoms with Crippen molar-refractivity contribution in [1.82, 2.24) is 5.32 Å². The second-order valence-corrected chi connectivity index (χ2v) is 2.71. The number of hydrogen-bond donors (Lipinski definition) is 1. The van der Waals surface area contributed by atoms with E-state index in [1.165, 1.54) is 0 Å². The molecule has 2 rings (SSSR count). The lowest BCUT2D eigenvalue weighted by molar-refractivity contribution is -0.127. The summed E-state index contributed by atoms with van der Waals surface area (Å²) >= 11 is 0. The van der Waals surface area contributed by atoms with Gasteiger partial charge in [0.2, 0.25) is 5.91 Å². The quantitative estimate of drug-likeness (QED) is 0.587. The Balaban J connectivity index is 2.23.